The van der Waals surface area contributed by atoms with Gasteiger partial charge in [0.15, 0.2) is 0 Å². The molecule has 0 aromatic carbocycles. The lowest BCUT2D eigenvalue weighted by Gasteiger charge is -2.26. The molecule has 0 radical (unpaired) electrons. The molecule has 1 rings (SSSR count). The Labute approximate surface area is 101 Å². The molecule has 0 aromatic heterocycles. The zero-order chi connectivity index (χ0) is 12.8. The van der Waals surface area contributed by atoms with Crippen LogP contribution in [-0.4, -0.2) is 55.6 Å². The third kappa shape index (κ3) is 4.80. The molecular formula is C11H21N3O3. The summed E-state index contributed by atoms with van der Waals surface area (Å²) in [6, 6.07) is -0.636. The second kappa shape index (κ2) is 6.68. The predicted molar refractivity (Wildman–Crippen MR) is 63.2 cm³/mol. The van der Waals surface area contributed by atoms with Crippen LogP contribution in [0.1, 0.15) is 13.8 Å². The Bertz CT molecular complexity index is 275. The summed E-state index contributed by atoms with van der Waals surface area (Å²) in [7, 11) is 0. The minimum Gasteiger partial charge on any atom is -0.379 e. The minimum absolute atomic E-state index is 0.0196. The maximum absolute atomic E-state index is 11.6. The van der Waals surface area contributed by atoms with Crippen molar-refractivity contribution in [2.45, 2.75) is 19.9 Å². The van der Waals surface area contributed by atoms with Crippen LogP contribution in [0, 0.1) is 5.92 Å². The smallest absolute Gasteiger partial charge is 0.243 e. The van der Waals surface area contributed by atoms with Crippen LogP contribution in [0.4, 0.5) is 0 Å². The van der Waals surface area contributed by atoms with Crippen LogP contribution in [0.25, 0.3) is 0 Å². The summed E-state index contributed by atoms with van der Waals surface area (Å²) in [6.07, 6.45) is 0. The fraction of sp³-hybridized carbons (Fsp3) is 0.818. The van der Waals surface area contributed by atoms with E-state index in [1.807, 2.05) is 18.7 Å². The Hall–Kier alpha value is -0.980. The van der Waals surface area contributed by atoms with Gasteiger partial charge in [0.05, 0.1) is 25.8 Å². The van der Waals surface area contributed by atoms with Crippen LogP contribution in [-0.2, 0) is 14.3 Å². The Morgan fingerprint density at radius 3 is 2.47 bits per heavy atom. The number of carbonyl (C=O) groups is 2. The summed E-state index contributed by atoms with van der Waals surface area (Å²) in [5, 5.41) is 2.32. The van der Waals surface area contributed by atoms with E-state index in [4.69, 9.17) is 10.5 Å². The highest BCUT2D eigenvalue weighted by atomic mass is 16.5. The number of carbonyl (C=O) groups excluding carboxylic acids is 2. The molecule has 1 fully saturated rings. The van der Waals surface area contributed by atoms with Crippen LogP contribution < -0.4 is 11.1 Å². The van der Waals surface area contributed by atoms with Crippen LogP contribution in [0.15, 0.2) is 0 Å². The van der Waals surface area contributed by atoms with Gasteiger partial charge in [-0.25, -0.2) is 0 Å². The topological polar surface area (TPSA) is 84.7 Å². The lowest BCUT2D eigenvalue weighted by atomic mass is 10.1. The summed E-state index contributed by atoms with van der Waals surface area (Å²) in [5.74, 6) is -0.683. The molecule has 98 valence electrons. The van der Waals surface area contributed by atoms with E-state index in [-0.39, 0.29) is 18.4 Å². The maximum Gasteiger partial charge on any atom is 0.243 e. The Kier molecular flexibility index (Phi) is 5.54. The van der Waals surface area contributed by atoms with E-state index in [0.717, 1.165) is 13.1 Å². The number of nitrogens with one attached hydrogen (secondary N) is 1. The van der Waals surface area contributed by atoms with Gasteiger partial charge in [-0.2, -0.15) is 0 Å². The summed E-state index contributed by atoms with van der Waals surface area (Å²) >= 11 is 0. The fourth-order valence-corrected chi connectivity index (χ4v) is 1.53. The number of hydrogen-bond donors (Lipinski definition) is 2. The molecular weight excluding hydrogens is 222 g/mol. The van der Waals surface area contributed by atoms with Crippen molar-refractivity contribution in [3.05, 3.63) is 0 Å². The number of ether oxygens (including phenoxy) is 1. The maximum atomic E-state index is 11.6. The van der Waals surface area contributed by atoms with Gasteiger partial charge in [0.25, 0.3) is 0 Å². The van der Waals surface area contributed by atoms with E-state index in [1.54, 1.807) is 0 Å². The summed E-state index contributed by atoms with van der Waals surface area (Å²) in [5.41, 5.74) is 5.64. The van der Waals surface area contributed by atoms with Crippen molar-refractivity contribution in [3.8, 4) is 0 Å². The number of rotatable bonds is 4. The van der Waals surface area contributed by atoms with Gasteiger partial charge in [0, 0.05) is 13.1 Å². The van der Waals surface area contributed by atoms with Crippen LogP contribution in [0.2, 0.25) is 0 Å². The van der Waals surface area contributed by atoms with E-state index in [1.165, 1.54) is 0 Å². The first kappa shape index (κ1) is 14.1. The quantitative estimate of drug-likeness (QED) is 0.658. The highest BCUT2D eigenvalue weighted by Gasteiger charge is 2.21. The molecule has 0 spiro atoms. The monoisotopic (exact) mass is 243 g/mol. The molecule has 1 heterocycles. The molecule has 1 saturated heterocycles. The van der Waals surface area contributed by atoms with Crippen molar-refractivity contribution in [1.29, 1.82) is 0 Å². The molecule has 1 aliphatic rings. The first-order chi connectivity index (χ1) is 8.00. The van der Waals surface area contributed by atoms with Crippen LogP contribution in [0.3, 0.4) is 0 Å². The second-order valence-corrected chi connectivity index (χ2v) is 4.57. The van der Waals surface area contributed by atoms with E-state index < -0.39 is 11.9 Å². The number of morpholine rings is 1. The van der Waals surface area contributed by atoms with Gasteiger partial charge >= 0.3 is 0 Å². The Balaban J connectivity index is 2.30. The molecule has 6 nitrogen and oxygen atoms in total. The molecule has 1 atom stereocenters. The van der Waals surface area contributed by atoms with Gasteiger partial charge in [-0.05, 0) is 5.92 Å². The van der Waals surface area contributed by atoms with E-state index >= 15 is 0 Å². The predicted octanol–water partition coefficient (Wildman–Crippen LogP) is -1.06. The first-order valence-corrected chi connectivity index (χ1v) is 5.90. The van der Waals surface area contributed by atoms with Crippen molar-refractivity contribution in [1.82, 2.24) is 10.2 Å². The summed E-state index contributed by atoms with van der Waals surface area (Å²) < 4.78 is 5.17. The lowest BCUT2D eigenvalue weighted by molar-refractivity contribution is -0.132. The summed E-state index contributed by atoms with van der Waals surface area (Å²) in [4.78, 5) is 25.1. The molecule has 2 amide bonds. The van der Waals surface area contributed by atoms with Crippen LogP contribution in [0.5, 0.6) is 0 Å². The second-order valence-electron chi connectivity index (χ2n) is 4.57. The third-order valence-electron chi connectivity index (χ3n) is 2.75. The normalized spacial score (nSPS) is 19.1. The standard InChI is InChI=1S/C11H21N3O3/c1-8(2)10(12)11(16)13-9(15)7-14-3-5-17-6-4-14/h8,10H,3-7,12H2,1-2H3,(H,13,15,16)/t10-/m0/s1. The first-order valence-electron chi connectivity index (χ1n) is 5.90. The average molecular weight is 243 g/mol. The van der Waals surface area contributed by atoms with Crippen molar-refractivity contribution in [2.75, 3.05) is 32.8 Å². The number of imide groups is 1. The molecule has 0 bridgehead atoms. The molecule has 6 heteroatoms. The molecule has 0 aliphatic carbocycles. The molecule has 0 unspecified atom stereocenters. The summed E-state index contributed by atoms with van der Waals surface area (Å²) in [6.45, 7) is 6.61. The molecule has 3 N–H and O–H groups in total. The van der Waals surface area contributed by atoms with Gasteiger partial charge in [-0.3, -0.25) is 19.8 Å². The average Bonchev–Trinajstić information content (AvgIpc) is 2.28. The highest BCUT2D eigenvalue weighted by Crippen LogP contribution is 1.99. The number of nitrogens with two attached hydrogens (primary N) is 1. The van der Waals surface area contributed by atoms with Crippen molar-refractivity contribution >= 4 is 11.8 Å². The fourth-order valence-electron chi connectivity index (χ4n) is 1.53. The number of hydrogen-bond acceptors (Lipinski definition) is 5. The van der Waals surface area contributed by atoms with Gasteiger partial charge in [-0.15, -0.1) is 0 Å². The molecule has 0 saturated carbocycles. The van der Waals surface area contributed by atoms with Gasteiger partial charge < -0.3 is 10.5 Å². The van der Waals surface area contributed by atoms with Gasteiger partial charge in [-0.1, -0.05) is 13.8 Å². The SMILES string of the molecule is CC(C)[C@H](N)C(=O)NC(=O)CN1CCOCC1. The van der Waals surface area contributed by atoms with Crippen LogP contribution >= 0.6 is 0 Å². The highest BCUT2D eigenvalue weighted by molar-refractivity contribution is 5.98. The van der Waals surface area contributed by atoms with E-state index in [9.17, 15) is 9.59 Å². The van der Waals surface area contributed by atoms with Gasteiger partial charge in [0.1, 0.15) is 0 Å². The zero-order valence-corrected chi connectivity index (χ0v) is 10.4. The Morgan fingerprint density at radius 2 is 1.94 bits per heavy atom. The third-order valence-corrected chi connectivity index (χ3v) is 2.75. The number of amides is 2. The lowest BCUT2D eigenvalue weighted by Crippen LogP contribution is -2.50. The van der Waals surface area contributed by atoms with Gasteiger partial charge in [0.2, 0.25) is 11.8 Å². The van der Waals surface area contributed by atoms with E-state index in [2.05, 4.69) is 5.32 Å². The Morgan fingerprint density at radius 1 is 1.35 bits per heavy atom. The largest absolute Gasteiger partial charge is 0.379 e. The van der Waals surface area contributed by atoms with Crippen molar-refractivity contribution in [2.24, 2.45) is 11.7 Å². The molecule has 1 aliphatic heterocycles. The van der Waals surface area contributed by atoms with Crippen molar-refractivity contribution < 1.29 is 14.3 Å². The molecule has 0 aromatic rings. The minimum atomic E-state index is -0.636. The zero-order valence-electron chi connectivity index (χ0n) is 10.4. The molecule has 17 heavy (non-hydrogen) atoms. The number of nitrogens with zero attached hydrogens (tertiary/aromatic N) is 1. The van der Waals surface area contributed by atoms with E-state index in [0.29, 0.717) is 13.2 Å². The van der Waals surface area contributed by atoms with Crippen molar-refractivity contribution in [3.63, 3.8) is 0 Å².